The summed E-state index contributed by atoms with van der Waals surface area (Å²) in [6.45, 7) is 0.0550. The van der Waals surface area contributed by atoms with E-state index in [0.29, 0.717) is 22.1 Å². The zero-order chi connectivity index (χ0) is 19.1. The molecule has 2 amide bonds. The number of hydrogen-bond acceptors (Lipinski definition) is 5. The summed E-state index contributed by atoms with van der Waals surface area (Å²) in [6, 6.07) is 3.26. The van der Waals surface area contributed by atoms with Gasteiger partial charge in [0.15, 0.2) is 11.5 Å². The van der Waals surface area contributed by atoms with Crippen LogP contribution in [0.25, 0.3) is 0 Å². The van der Waals surface area contributed by atoms with Gasteiger partial charge in [-0.05, 0) is 36.0 Å². The molecule has 6 nitrogen and oxygen atoms in total. The lowest BCUT2D eigenvalue weighted by Gasteiger charge is -2.13. The molecule has 4 rings (SSSR count). The van der Waals surface area contributed by atoms with Gasteiger partial charge < -0.3 is 9.47 Å². The van der Waals surface area contributed by atoms with Crippen molar-refractivity contribution in [2.75, 3.05) is 13.7 Å². The van der Waals surface area contributed by atoms with Crippen LogP contribution in [0.3, 0.4) is 0 Å². The van der Waals surface area contributed by atoms with Gasteiger partial charge in [-0.25, -0.2) is 0 Å². The zero-order valence-electron chi connectivity index (χ0n) is 14.6. The molecule has 2 fully saturated rings. The van der Waals surface area contributed by atoms with E-state index in [1.54, 1.807) is 12.1 Å². The summed E-state index contributed by atoms with van der Waals surface area (Å²) in [7, 11) is 1.48. The van der Waals surface area contributed by atoms with E-state index in [2.05, 4.69) is 11.0 Å². The van der Waals surface area contributed by atoms with E-state index in [-0.39, 0.29) is 42.1 Å². The summed E-state index contributed by atoms with van der Waals surface area (Å²) in [4.78, 5) is 25.3. The normalized spacial score (nSPS) is 28.1. The van der Waals surface area contributed by atoms with Crippen molar-refractivity contribution in [2.24, 2.45) is 28.8 Å². The van der Waals surface area contributed by atoms with Gasteiger partial charge in [0.2, 0.25) is 0 Å². The number of methoxy groups -OCH3 is 1. The van der Waals surface area contributed by atoms with Crippen molar-refractivity contribution < 1.29 is 19.1 Å². The Balaban J connectivity index is 1.57. The fourth-order valence-electron chi connectivity index (χ4n) is 4.19. The summed E-state index contributed by atoms with van der Waals surface area (Å²) in [5.74, 6) is 2.37. The monoisotopic (exact) mass is 384 g/mol. The quantitative estimate of drug-likeness (QED) is 0.338. The van der Waals surface area contributed by atoms with E-state index in [4.69, 9.17) is 27.5 Å². The first-order chi connectivity index (χ1) is 13.0. The third-order valence-corrected chi connectivity index (χ3v) is 5.60. The van der Waals surface area contributed by atoms with Crippen molar-refractivity contribution in [3.05, 3.63) is 34.9 Å². The van der Waals surface area contributed by atoms with Crippen molar-refractivity contribution in [3.8, 4) is 23.8 Å². The molecule has 0 N–H and O–H groups in total. The second kappa shape index (κ2) is 6.75. The molecule has 1 heterocycles. The molecule has 2 bridgehead atoms. The number of halogens is 1. The summed E-state index contributed by atoms with van der Waals surface area (Å²) >= 11 is 6.24. The molecule has 1 aliphatic heterocycles. The van der Waals surface area contributed by atoms with Crippen molar-refractivity contribution >= 4 is 29.6 Å². The van der Waals surface area contributed by atoms with Crippen molar-refractivity contribution in [1.29, 1.82) is 0 Å². The van der Waals surface area contributed by atoms with Crippen molar-refractivity contribution in [3.63, 3.8) is 0 Å². The molecule has 138 valence electrons. The van der Waals surface area contributed by atoms with E-state index in [0.717, 1.165) is 11.4 Å². The molecule has 0 spiro atoms. The molecule has 27 heavy (non-hydrogen) atoms. The number of carbonyl (C=O) groups is 2. The van der Waals surface area contributed by atoms with Crippen molar-refractivity contribution in [2.45, 2.75) is 6.42 Å². The van der Waals surface area contributed by atoms with E-state index in [9.17, 15) is 9.59 Å². The van der Waals surface area contributed by atoms with E-state index in [1.165, 1.54) is 13.3 Å². The molecular formula is C20H17ClN2O4. The van der Waals surface area contributed by atoms with Crippen LogP contribution in [-0.2, 0) is 9.59 Å². The largest absolute Gasteiger partial charge is 0.493 e. The third kappa shape index (κ3) is 2.79. The lowest BCUT2D eigenvalue weighted by atomic mass is 9.85. The Bertz CT molecular complexity index is 887. The molecule has 4 unspecified atom stereocenters. The van der Waals surface area contributed by atoms with Gasteiger partial charge >= 0.3 is 0 Å². The Kier molecular flexibility index (Phi) is 4.40. The fraction of sp³-hybridized carbons (Fsp3) is 0.350. The highest BCUT2D eigenvalue weighted by Crippen LogP contribution is 2.52. The second-order valence-corrected chi connectivity index (χ2v) is 7.17. The van der Waals surface area contributed by atoms with Gasteiger partial charge in [0.25, 0.3) is 11.8 Å². The van der Waals surface area contributed by atoms with Crippen LogP contribution in [0.5, 0.6) is 11.5 Å². The predicted octanol–water partition coefficient (Wildman–Crippen LogP) is 2.50. The molecule has 3 aliphatic rings. The van der Waals surface area contributed by atoms with Crippen molar-refractivity contribution in [1.82, 2.24) is 5.01 Å². The average Bonchev–Trinajstić information content (AvgIpc) is 3.33. The minimum atomic E-state index is -0.276. The number of amides is 2. The number of terminal acetylenes is 1. The third-order valence-electron chi connectivity index (χ3n) is 5.32. The van der Waals surface area contributed by atoms with Gasteiger partial charge in [-0.15, -0.1) is 6.42 Å². The Morgan fingerprint density at radius 3 is 2.56 bits per heavy atom. The van der Waals surface area contributed by atoms with Gasteiger partial charge in [-0.3, -0.25) is 9.59 Å². The average molecular weight is 385 g/mol. The molecule has 1 aromatic carbocycles. The van der Waals surface area contributed by atoms with E-state index >= 15 is 0 Å². The number of benzene rings is 1. The van der Waals surface area contributed by atoms with Crippen LogP contribution < -0.4 is 9.47 Å². The highest BCUT2D eigenvalue weighted by atomic mass is 35.5. The summed E-state index contributed by atoms with van der Waals surface area (Å²) in [6.07, 6.45) is 11.6. The topological polar surface area (TPSA) is 68.2 Å². The van der Waals surface area contributed by atoms with Gasteiger partial charge in [0.05, 0.1) is 30.2 Å². The van der Waals surface area contributed by atoms with Crippen LogP contribution in [0, 0.1) is 36.0 Å². The molecule has 2 aliphatic carbocycles. The second-order valence-electron chi connectivity index (χ2n) is 6.76. The first-order valence-corrected chi connectivity index (χ1v) is 8.97. The van der Waals surface area contributed by atoms with E-state index in [1.807, 2.05) is 12.2 Å². The number of fused-ring (bicyclic) bond motifs is 5. The van der Waals surface area contributed by atoms with Crippen LogP contribution in [0.4, 0.5) is 0 Å². The summed E-state index contributed by atoms with van der Waals surface area (Å²) in [5, 5.41) is 5.42. The van der Waals surface area contributed by atoms with Crippen LogP contribution in [0.15, 0.2) is 29.4 Å². The van der Waals surface area contributed by atoms with Crippen LogP contribution in [0.1, 0.15) is 12.0 Å². The maximum Gasteiger partial charge on any atom is 0.254 e. The summed E-state index contributed by atoms with van der Waals surface area (Å²) in [5.41, 5.74) is 0.573. The Hall–Kier alpha value is -2.78. The Morgan fingerprint density at radius 2 is 1.96 bits per heavy atom. The Morgan fingerprint density at radius 1 is 1.30 bits per heavy atom. The number of carbonyl (C=O) groups excluding carboxylic acids is 2. The first-order valence-electron chi connectivity index (χ1n) is 8.59. The molecule has 1 saturated heterocycles. The van der Waals surface area contributed by atoms with Crippen LogP contribution in [-0.4, -0.2) is 36.8 Å². The number of ether oxygens (including phenoxy) is 2. The predicted molar refractivity (Wildman–Crippen MR) is 99.5 cm³/mol. The molecular weight excluding hydrogens is 368 g/mol. The van der Waals surface area contributed by atoms with Gasteiger partial charge in [0, 0.05) is 0 Å². The minimum absolute atomic E-state index is 0.0550. The van der Waals surface area contributed by atoms with Gasteiger partial charge in [-0.2, -0.15) is 10.1 Å². The van der Waals surface area contributed by atoms with Gasteiger partial charge in [0.1, 0.15) is 6.61 Å². The van der Waals surface area contributed by atoms with Crippen LogP contribution in [0.2, 0.25) is 5.02 Å². The minimum Gasteiger partial charge on any atom is -0.493 e. The lowest BCUT2D eigenvalue weighted by Crippen LogP contribution is -2.28. The fourth-order valence-corrected chi connectivity index (χ4v) is 4.47. The zero-order valence-corrected chi connectivity index (χ0v) is 15.3. The first kappa shape index (κ1) is 17.6. The Labute approximate surface area is 161 Å². The molecule has 0 aromatic heterocycles. The molecule has 0 radical (unpaired) electrons. The number of imide groups is 1. The number of hydrogen-bond donors (Lipinski definition) is 0. The number of hydrazone groups is 1. The maximum absolute atomic E-state index is 12.6. The number of rotatable bonds is 5. The molecule has 1 aromatic rings. The lowest BCUT2D eigenvalue weighted by molar-refractivity contribution is -0.140. The molecule has 7 heteroatoms. The highest BCUT2D eigenvalue weighted by Gasteiger charge is 2.59. The SMILES string of the molecule is C#CCOc1c(Cl)cc(C=NN2C(=O)C3C4C=CC(C4)C3C2=O)cc1OC. The highest BCUT2D eigenvalue weighted by molar-refractivity contribution is 6.32. The smallest absolute Gasteiger partial charge is 0.254 e. The summed E-state index contributed by atoms with van der Waals surface area (Å²) < 4.78 is 10.7. The standard InChI is InChI=1S/C20H17ClN2O4/c1-3-6-27-18-14(21)7-11(8-15(18)26-2)10-22-23-19(24)16-12-4-5-13(9-12)17(16)20(23)25/h1,4-5,7-8,10,12-13,16-17H,6,9H2,2H3. The number of allylic oxidation sites excluding steroid dienone is 2. The van der Waals surface area contributed by atoms with Gasteiger partial charge in [-0.1, -0.05) is 29.7 Å². The molecule has 4 atom stereocenters. The number of nitrogens with zero attached hydrogens (tertiary/aromatic N) is 2. The van der Waals surface area contributed by atoms with Crippen LogP contribution >= 0.6 is 11.6 Å². The maximum atomic E-state index is 12.6. The molecule has 1 saturated carbocycles. The van der Waals surface area contributed by atoms with E-state index < -0.39 is 0 Å².